The normalized spacial score (nSPS) is 9.78. The Morgan fingerprint density at radius 3 is 2.00 bits per heavy atom. The van der Waals surface area contributed by atoms with Crippen molar-refractivity contribution in [2.75, 3.05) is 11.9 Å². The van der Waals surface area contributed by atoms with E-state index in [1.54, 1.807) is 7.05 Å². The molecule has 4 N–H and O–H groups in total. The SMILES string of the molecule is Bc1ccc(N(C)C(=O)OC(C)(C)C)cc1.O.O. The van der Waals surface area contributed by atoms with Gasteiger partial charge < -0.3 is 15.7 Å². The third kappa shape index (κ3) is 5.70. The quantitative estimate of drug-likeness (QED) is 0.642. The molecular weight excluding hydrogens is 233 g/mol. The van der Waals surface area contributed by atoms with E-state index in [2.05, 4.69) is 0 Å². The fourth-order valence-corrected chi connectivity index (χ4v) is 1.20. The molecule has 0 atom stereocenters. The minimum Gasteiger partial charge on any atom is -0.443 e. The highest BCUT2D eigenvalue weighted by Crippen LogP contribution is 2.15. The Kier molecular flexibility index (Phi) is 7.35. The van der Waals surface area contributed by atoms with E-state index in [4.69, 9.17) is 4.74 Å². The second-order valence-electron chi connectivity index (χ2n) is 4.87. The van der Waals surface area contributed by atoms with Crippen LogP contribution in [0, 0.1) is 0 Å². The number of anilines is 1. The summed E-state index contributed by atoms with van der Waals surface area (Å²) >= 11 is 0. The van der Waals surface area contributed by atoms with E-state index < -0.39 is 5.60 Å². The van der Waals surface area contributed by atoms with E-state index in [1.165, 1.54) is 10.4 Å². The topological polar surface area (TPSA) is 92.5 Å². The van der Waals surface area contributed by atoms with Crippen LogP contribution >= 0.6 is 0 Å². The van der Waals surface area contributed by atoms with Gasteiger partial charge in [0.1, 0.15) is 13.4 Å². The van der Waals surface area contributed by atoms with Gasteiger partial charge in [-0.2, -0.15) is 0 Å². The molecule has 6 heteroatoms. The van der Waals surface area contributed by atoms with Crippen molar-refractivity contribution in [2.45, 2.75) is 26.4 Å². The molecule has 0 saturated heterocycles. The zero-order valence-electron chi connectivity index (χ0n) is 11.6. The molecule has 0 aliphatic rings. The molecule has 5 nitrogen and oxygen atoms in total. The summed E-state index contributed by atoms with van der Waals surface area (Å²) in [6, 6.07) is 7.74. The molecule has 0 fully saturated rings. The molecule has 0 radical (unpaired) electrons. The minimum absolute atomic E-state index is 0. The summed E-state index contributed by atoms with van der Waals surface area (Å²) in [5.74, 6) is 0. The fourth-order valence-electron chi connectivity index (χ4n) is 1.20. The molecule has 0 saturated carbocycles. The molecule has 0 unspecified atom stereocenters. The Bertz CT molecular complexity index is 373. The van der Waals surface area contributed by atoms with E-state index in [1.807, 2.05) is 52.9 Å². The van der Waals surface area contributed by atoms with Crippen LogP contribution < -0.4 is 10.4 Å². The van der Waals surface area contributed by atoms with Gasteiger partial charge in [-0.15, -0.1) is 0 Å². The molecule has 0 spiro atoms. The van der Waals surface area contributed by atoms with Crippen LogP contribution in [0.5, 0.6) is 0 Å². The van der Waals surface area contributed by atoms with Crippen LogP contribution in [0.3, 0.4) is 0 Å². The number of benzene rings is 1. The van der Waals surface area contributed by atoms with Gasteiger partial charge in [-0.3, -0.25) is 4.90 Å². The Morgan fingerprint density at radius 2 is 1.61 bits per heavy atom. The van der Waals surface area contributed by atoms with Crippen LogP contribution in [0.25, 0.3) is 0 Å². The molecule has 1 aromatic rings. The van der Waals surface area contributed by atoms with E-state index in [-0.39, 0.29) is 17.0 Å². The lowest BCUT2D eigenvalue weighted by Crippen LogP contribution is -2.34. The number of rotatable bonds is 1. The summed E-state index contributed by atoms with van der Waals surface area (Å²) < 4.78 is 5.27. The highest BCUT2D eigenvalue weighted by Gasteiger charge is 2.20. The number of hydrogen-bond acceptors (Lipinski definition) is 2. The van der Waals surface area contributed by atoms with Crippen LogP contribution in [-0.4, -0.2) is 37.5 Å². The molecule has 102 valence electrons. The van der Waals surface area contributed by atoms with Gasteiger partial charge in [-0.1, -0.05) is 17.6 Å². The van der Waals surface area contributed by atoms with Crippen molar-refractivity contribution in [3.8, 4) is 0 Å². The van der Waals surface area contributed by atoms with Gasteiger partial charge in [0.15, 0.2) is 0 Å². The van der Waals surface area contributed by atoms with Gasteiger partial charge >= 0.3 is 6.09 Å². The average Bonchev–Trinajstić information content (AvgIpc) is 2.15. The first-order valence-corrected chi connectivity index (χ1v) is 5.33. The summed E-state index contributed by atoms with van der Waals surface area (Å²) in [6.45, 7) is 5.57. The van der Waals surface area contributed by atoms with Crippen LogP contribution in [0.15, 0.2) is 24.3 Å². The zero-order chi connectivity index (χ0) is 12.3. The van der Waals surface area contributed by atoms with Crippen molar-refractivity contribution in [3.05, 3.63) is 24.3 Å². The standard InChI is InChI=1S/C12H18BNO2.2H2O/c1-12(2,3)16-11(15)14(4)10-7-5-9(13)6-8-10;;/h5-8H,13H2,1-4H3;2*1H2. The Hall–Kier alpha value is -1.53. The molecule has 18 heavy (non-hydrogen) atoms. The van der Waals surface area contributed by atoms with Gasteiger partial charge in [-0.25, -0.2) is 4.79 Å². The van der Waals surface area contributed by atoms with E-state index in [0.717, 1.165) is 5.69 Å². The van der Waals surface area contributed by atoms with Crippen molar-refractivity contribution in [1.29, 1.82) is 0 Å². The number of hydrogen-bond donors (Lipinski definition) is 0. The van der Waals surface area contributed by atoms with Crippen LogP contribution in [0.4, 0.5) is 10.5 Å². The summed E-state index contributed by atoms with van der Waals surface area (Å²) in [5, 5.41) is 0. The van der Waals surface area contributed by atoms with E-state index in [0.29, 0.717) is 0 Å². The monoisotopic (exact) mass is 255 g/mol. The highest BCUT2D eigenvalue weighted by molar-refractivity contribution is 6.32. The number of ether oxygens (including phenoxy) is 1. The smallest absolute Gasteiger partial charge is 0.414 e. The van der Waals surface area contributed by atoms with E-state index >= 15 is 0 Å². The van der Waals surface area contributed by atoms with Crippen molar-refractivity contribution in [2.24, 2.45) is 0 Å². The Labute approximate surface area is 109 Å². The molecule has 0 heterocycles. The fraction of sp³-hybridized carbons (Fsp3) is 0.417. The Morgan fingerprint density at radius 1 is 1.17 bits per heavy atom. The van der Waals surface area contributed by atoms with Gasteiger partial charge in [0.05, 0.1) is 0 Å². The zero-order valence-corrected chi connectivity index (χ0v) is 11.6. The number of amides is 1. The molecule has 0 aliphatic heterocycles. The summed E-state index contributed by atoms with van der Waals surface area (Å²) in [6.07, 6.45) is -0.337. The molecular formula is C12H22BNO4. The first-order valence-electron chi connectivity index (χ1n) is 5.33. The van der Waals surface area contributed by atoms with Crippen LogP contribution in [0.1, 0.15) is 20.8 Å². The lowest BCUT2D eigenvalue weighted by Gasteiger charge is -2.24. The number of nitrogens with zero attached hydrogens (tertiary/aromatic N) is 1. The van der Waals surface area contributed by atoms with Crippen LogP contribution in [-0.2, 0) is 4.74 Å². The number of carbonyl (C=O) groups excluding carboxylic acids is 1. The first kappa shape index (κ1) is 18.8. The van der Waals surface area contributed by atoms with Gasteiger partial charge in [0.25, 0.3) is 0 Å². The van der Waals surface area contributed by atoms with Crippen molar-refractivity contribution >= 4 is 25.1 Å². The molecule has 1 amide bonds. The van der Waals surface area contributed by atoms with Crippen molar-refractivity contribution in [1.82, 2.24) is 0 Å². The average molecular weight is 255 g/mol. The van der Waals surface area contributed by atoms with Crippen LogP contribution in [0.2, 0.25) is 0 Å². The van der Waals surface area contributed by atoms with Crippen molar-refractivity contribution in [3.63, 3.8) is 0 Å². The lowest BCUT2D eigenvalue weighted by atomic mass is 9.96. The van der Waals surface area contributed by atoms with Gasteiger partial charge in [0, 0.05) is 12.7 Å². The predicted octanol–water partition coefficient (Wildman–Crippen LogP) is -0.333. The maximum absolute atomic E-state index is 11.7. The minimum atomic E-state index is -0.462. The summed E-state index contributed by atoms with van der Waals surface area (Å²) in [5.41, 5.74) is 1.54. The van der Waals surface area contributed by atoms with Gasteiger partial charge in [0.2, 0.25) is 0 Å². The molecule has 0 bridgehead atoms. The van der Waals surface area contributed by atoms with E-state index in [9.17, 15) is 4.79 Å². The Balaban J connectivity index is 0. The molecule has 0 aliphatic carbocycles. The maximum atomic E-state index is 11.7. The second kappa shape index (κ2) is 7.03. The lowest BCUT2D eigenvalue weighted by molar-refractivity contribution is 0.0589. The summed E-state index contributed by atoms with van der Waals surface area (Å²) in [7, 11) is 3.72. The highest BCUT2D eigenvalue weighted by atomic mass is 16.6. The largest absolute Gasteiger partial charge is 0.443 e. The molecule has 1 rings (SSSR count). The third-order valence-corrected chi connectivity index (χ3v) is 2.09. The number of carbonyl (C=O) groups is 1. The van der Waals surface area contributed by atoms with Crippen molar-refractivity contribution < 1.29 is 20.5 Å². The predicted molar refractivity (Wildman–Crippen MR) is 76.5 cm³/mol. The molecule has 1 aromatic carbocycles. The maximum Gasteiger partial charge on any atom is 0.414 e. The summed E-state index contributed by atoms with van der Waals surface area (Å²) in [4.78, 5) is 13.3. The molecule has 0 aromatic heterocycles. The second-order valence-corrected chi connectivity index (χ2v) is 4.87. The first-order chi connectivity index (χ1) is 7.29. The third-order valence-electron chi connectivity index (χ3n) is 2.09. The van der Waals surface area contributed by atoms with Gasteiger partial charge in [-0.05, 0) is 32.9 Å².